The predicted molar refractivity (Wildman–Crippen MR) is 120 cm³/mol. The first-order chi connectivity index (χ1) is 14.5. The quantitative estimate of drug-likeness (QED) is 0.630. The summed E-state index contributed by atoms with van der Waals surface area (Å²) in [5.74, 6) is -0.0635. The molecule has 2 aliphatic rings. The molecule has 30 heavy (non-hydrogen) atoms. The Morgan fingerprint density at radius 2 is 1.60 bits per heavy atom. The molecule has 2 aliphatic heterocycles. The van der Waals surface area contributed by atoms with Crippen LogP contribution in [0.3, 0.4) is 0 Å². The van der Waals surface area contributed by atoms with Crippen molar-refractivity contribution in [2.75, 3.05) is 39.3 Å². The fraction of sp³-hybridized carbons (Fsp3) is 0.500. The highest BCUT2D eigenvalue weighted by Crippen LogP contribution is 2.33. The van der Waals surface area contributed by atoms with E-state index in [1.807, 2.05) is 18.2 Å². The van der Waals surface area contributed by atoms with Crippen molar-refractivity contribution in [3.05, 3.63) is 42.0 Å². The Balaban J connectivity index is 1.33. The molecule has 1 N–H and O–H groups in total. The molecule has 3 heterocycles. The normalized spacial score (nSPS) is 18.1. The zero-order valence-electron chi connectivity index (χ0n) is 17.2. The molecular formula is C22H29N3O3S2. The third-order valence-electron chi connectivity index (χ3n) is 5.81. The van der Waals surface area contributed by atoms with Crippen LogP contribution in [0, 0.1) is 0 Å². The molecule has 0 atom stereocenters. The minimum absolute atomic E-state index is 0.0635. The van der Waals surface area contributed by atoms with E-state index < -0.39 is 10.0 Å². The molecule has 2 fully saturated rings. The van der Waals surface area contributed by atoms with E-state index in [-0.39, 0.29) is 5.91 Å². The van der Waals surface area contributed by atoms with Gasteiger partial charge in [-0.1, -0.05) is 12.1 Å². The van der Waals surface area contributed by atoms with Crippen molar-refractivity contribution >= 4 is 27.3 Å². The van der Waals surface area contributed by atoms with Gasteiger partial charge in [0, 0.05) is 30.1 Å². The molecular weight excluding hydrogens is 418 g/mol. The minimum atomic E-state index is -3.38. The van der Waals surface area contributed by atoms with Crippen molar-refractivity contribution in [1.29, 1.82) is 0 Å². The second-order valence-corrected chi connectivity index (χ2v) is 11.2. The Hall–Kier alpha value is -1.74. The molecule has 0 radical (unpaired) electrons. The summed E-state index contributed by atoms with van der Waals surface area (Å²) in [5.41, 5.74) is 1.55. The molecule has 162 valence electrons. The minimum Gasteiger partial charge on any atom is -0.352 e. The summed E-state index contributed by atoms with van der Waals surface area (Å²) in [7, 11) is -3.38. The third-order valence-corrected chi connectivity index (χ3v) is 9.31. The van der Waals surface area contributed by atoms with E-state index in [2.05, 4.69) is 10.2 Å². The van der Waals surface area contributed by atoms with Gasteiger partial charge in [-0.05, 0) is 81.6 Å². The summed E-state index contributed by atoms with van der Waals surface area (Å²) in [6.07, 6.45) is 5.40. The molecule has 0 bridgehead atoms. The van der Waals surface area contributed by atoms with Crippen LogP contribution < -0.4 is 5.32 Å². The Labute approximate surface area is 182 Å². The lowest BCUT2D eigenvalue weighted by atomic mass is 10.1. The molecule has 2 aromatic rings. The maximum absolute atomic E-state index is 12.7. The highest BCUT2D eigenvalue weighted by atomic mass is 32.2. The van der Waals surface area contributed by atoms with Crippen LogP contribution >= 0.6 is 11.3 Å². The maximum Gasteiger partial charge on any atom is 0.252 e. The van der Waals surface area contributed by atoms with Crippen molar-refractivity contribution in [2.24, 2.45) is 0 Å². The number of hydrogen-bond donors (Lipinski definition) is 1. The van der Waals surface area contributed by atoms with Gasteiger partial charge >= 0.3 is 0 Å². The van der Waals surface area contributed by atoms with E-state index in [4.69, 9.17) is 0 Å². The van der Waals surface area contributed by atoms with Gasteiger partial charge < -0.3 is 10.2 Å². The number of likely N-dealkylation sites (tertiary alicyclic amines) is 1. The molecule has 0 saturated carbocycles. The first-order valence-corrected chi connectivity index (χ1v) is 13.0. The Bertz CT molecular complexity index is 958. The number of benzene rings is 1. The summed E-state index contributed by atoms with van der Waals surface area (Å²) < 4.78 is 27.4. The molecule has 6 nitrogen and oxygen atoms in total. The first-order valence-electron chi connectivity index (χ1n) is 10.7. The fourth-order valence-corrected chi connectivity index (χ4v) is 7.05. The zero-order valence-corrected chi connectivity index (χ0v) is 18.8. The summed E-state index contributed by atoms with van der Waals surface area (Å²) >= 11 is 1.29. The van der Waals surface area contributed by atoms with Gasteiger partial charge in [0.05, 0.1) is 0 Å². The van der Waals surface area contributed by atoms with Gasteiger partial charge in [-0.2, -0.15) is 4.31 Å². The van der Waals surface area contributed by atoms with E-state index >= 15 is 0 Å². The number of nitrogens with zero attached hydrogens (tertiary/aromatic N) is 2. The first kappa shape index (κ1) is 21.5. The highest BCUT2D eigenvalue weighted by Gasteiger charge is 2.28. The van der Waals surface area contributed by atoms with Crippen LogP contribution in [-0.4, -0.2) is 62.8 Å². The smallest absolute Gasteiger partial charge is 0.252 e. The van der Waals surface area contributed by atoms with Crippen LogP contribution in [0.25, 0.3) is 10.4 Å². The lowest BCUT2D eigenvalue weighted by molar-refractivity contribution is 0.0952. The van der Waals surface area contributed by atoms with E-state index in [0.717, 1.165) is 36.2 Å². The zero-order chi connectivity index (χ0) is 21.0. The van der Waals surface area contributed by atoms with Crippen molar-refractivity contribution in [2.45, 2.75) is 36.3 Å². The van der Waals surface area contributed by atoms with Gasteiger partial charge in [-0.25, -0.2) is 8.42 Å². The summed E-state index contributed by atoms with van der Waals surface area (Å²) in [5, 5.41) is 2.99. The number of thiophene rings is 1. The Kier molecular flexibility index (Phi) is 6.87. The van der Waals surface area contributed by atoms with Crippen molar-refractivity contribution in [3.8, 4) is 10.4 Å². The van der Waals surface area contributed by atoms with E-state index in [0.29, 0.717) is 29.4 Å². The number of carbonyl (C=O) groups excluding carboxylic acids is 1. The number of amides is 1. The molecule has 4 rings (SSSR count). The van der Waals surface area contributed by atoms with Crippen LogP contribution in [0.1, 0.15) is 42.5 Å². The molecule has 1 aromatic heterocycles. The molecule has 1 aromatic carbocycles. The average molecular weight is 448 g/mol. The average Bonchev–Trinajstić information content (AvgIpc) is 3.53. The van der Waals surface area contributed by atoms with Gasteiger partial charge in [-0.3, -0.25) is 4.79 Å². The fourth-order valence-electron chi connectivity index (χ4n) is 4.07. The van der Waals surface area contributed by atoms with Gasteiger partial charge in [0.2, 0.25) is 0 Å². The summed E-state index contributed by atoms with van der Waals surface area (Å²) in [6.45, 7) is 5.30. The second kappa shape index (κ2) is 9.60. The Morgan fingerprint density at radius 3 is 2.30 bits per heavy atom. The van der Waals surface area contributed by atoms with Gasteiger partial charge in [0.15, 0.2) is 0 Å². The number of rotatable bonds is 8. The molecule has 0 spiro atoms. The number of sulfonamides is 1. The lowest BCUT2D eigenvalue weighted by Gasteiger charge is -2.14. The molecule has 0 unspecified atom stereocenters. The van der Waals surface area contributed by atoms with Gasteiger partial charge in [0.1, 0.15) is 4.21 Å². The second-order valence-electron chi connectivity index (χ2n) is 7.97. The monoisotopic (exact) mass is 447 g/mol. The van der Waals surface area contributed by atoms with E-state index in [1.54, 1.807) is 22.5 Å². The standard InChI is InChI=1S/C22H29N3O3S2/c26-22(23-12-5-15-24-13-1-2-14-24)19-8-6-18(7-9-19)20-10-11-21(29-20)30(27,28)25-16-3-4-17-25/h6-11H,1-5,12-17H2,(H,23,26). The van der Waals surface area contributed by atoms with Crippen molar-refractivity contribution in [3.63, 3.8) is 0 Å². The molecule has 8 heteroatoms. The van der Waals surface area contributed by atoms with Crippen LogP contribution in [0.15, 0.2) is 40.6 Å². The molecule has 1 amide bonds. The van der Waals surface area contributed by atoms with Crippen molar-refractivity contribution in [1.82, 2.24) is 14.5 Å². The van der Waals surface area contributed by atoms with Crippen LogP contribution in [0.2, 0.25) is 0 Å². The molecule has 0 aliphatic carbocycles. The summed E-state index contributed by atoms with van der Waals surface area (Å²) in [6, 6.07) is 10.9. The molecule has 2 saturated heterocycles. The van der Waals surface area contributed by atoms with Gasteiger partial charge in [0.25, 0.3) is 15.9 Å². The highest BCUT2D eigenvalue weighted by molar-refractivity contribution is 7.91. The SMILES string of the molecule is O=C(NCCCN1CCCC1)c1ccc(-c2ccc(S(=O)(=O)N3CCCC3)s2)cc1. The third kappa shape index (κ3) is 4.94. The van der Waals surface area contributed by atoms with E-state index in [9.17, 15) is 13.2 Å². The van der Waals surface area contributed by atoms with E-state index in [1.165, 1.54) is 37.3 Å². The number of nitrogens with one attached hydrogen (secondary N) is 1. The number of hydrogen-bond acceptors (Lipinski definition) is 5. The van der Waals surface area contributed by atoms with Crippen molar-refractivity contribution < 1.29 is 13.2 Å². The maximum atomic E-state index is 12.7. The lowest BCUT2D eigenvalue weighted by Crippen LogP contribution is -2.28. The van der Waals surface area contributed by atoms with Crippen LogP contribution in [-0.2, 0) is 10.0 Å². The summed E-state index contributed by atoms with van der Waals surface area (Å²) in [4.78, 5) is 15.7. The van der Waals surface area contributed by atoms with Crippen LogP contribution in [0.5, 0.6) is 0 Å². The number of carbonyl (C=O) groups is 1. The topological polar surface area (TPSA) is 69.7 Å². The van der Waals surface area contributed by atoms with Gasteiger partial charge in [-0.15, -0.1) is 11.3 Å². The van der Waals surface area contributed by atoms with Crippen LogP contribution in [0.4, 0.5) is 0 Å². The Morgan fingerprint density at radius 1 is 0.933 bits per heavy atom. The largest absolute Gasteiger partial charge is 0.352 e. The predicted octanol–water partition coefficient (Wildman–Crippen LogP) is 3.42.